The van der Waals surface area contributed by atoms with Gasteiger partial charge in [0.25, 0.3) is 0 Å². The molecule has 0 aliphatic carbocycles. The van der Waals surface area contributed by atoms with Crippen LogP contribution in [0.15, 0.2) is 18.2 Å². The van der Waals surface area contributed by atoms with Crippen LogP contribution in [0.1, 0.15) is 30.9 Å². The second kappa shape index (κ2) is 4.77. The molecule has 0 aromatic heterocycles. The topological polar surface area (TPSA) is 53.0 Å². The molecule has 1 fully saturated rings. The van der Waals surface area contributed by atoms with Crippen molar-refractivity contribution in [1.29, 1.82) is 5.26 Å². The van der Waals surface area contributed by atoms with Crippen LogP contribution in [-0.2, 0) is 0 Å². The molecule has 2 atom stereocenters. The first-order valence-corrected chi connectivity index (χ1v) is 6.15. The standard InChI is InChI=1S/C14H19N3/c1-10-4-3-5-12(9-15)14(10)17-7-6-13(16)8-11(17)2/h3-5,11,13H,6-8,16H2,1-2H3. The second-order valence-electron chi connectivity index (χ2n) is 4.91. The Morgan fingerprint density at radius 2 is 2.24 bits per heavy atom. The number of rotatable bonds is 1. The molecule has 1 aliphatic heterocycles. The van der Waals surface area contributed by atoms with Gasteiger partial charge in [0, 0.05) is 18.6 Å². The van der Waals surface area contributed by atoms with E-state index in [1.165, 1.54) is 5.56 Å². The van der Waals surface area contributed by atoms with Gasteiger partial charge in [0.2, 0.25) is 0 Å². The first kappa shape index (κ1) is 11.9. The highest BCUT2D eigenvalue weighted by atomic mass is 15.2. The molecule has 0 spiro atoms. The molecule has 0 bridgehead atoms. The normalized spacial score (nSPS) is 24.5. The minimum absolute atomic E-state index is 0.302. The molecule has 3 heteroatoms. The maximum absolute atomic E-state index is 9.21. The number of nitriles is 1. The number of hydrogen-bond donors (Lipinski definition) is 1. The third-order valence-electron chi connectivity index (χ3n) is 3.56. The molecule has 0 amide bonds. The average molecular weight is 229 g/mol. The highest BCUT2D eigenvalue weighted by Crippen LogP contribution is 2.30. The largest absolute Gasteiger partial charge is 0.367 e. The van der Waals surface area contributed by atoms with Gasteiger partial charge < -0.3 is 10.6 Å². The van der Waals surface area contributed by atoms with E-state index in [4.69, 9.17) is 5.73 Å². The van der Waals surface area contributed by atoms with Crippen LogP contribution >= 0.6 is 0 Å². The lowest BCUT2D eigenvalue weighted by Crippen LogP contribution is -2.46. The lowest BCUT2D eigenvalue weighted by atomic mass is 9.96. The summed E-state index contributed by atoms with van der Waals surface area (Å²) in [7, 11) is 0. The Kier molecular flexibility index (Phi) is 3.35. The molecule has 0 radical (unpaired) electrons. The van der Waals surface area contributed by atoms with E-state index in [9.17, 15) is 5.26 Å². The SMILES string of the molecule is Cc1cccc(C#N)c1N1CCC(N)CC1C. The minimum atomic E-state index is 0.302. The third kappa shape index (κ3) is 2.27. The van der Waals surface area contributed by atoms with Crippen molar-refractivity contribution in [1.82, 2.24) is 0 Å². The van der Waals surface area contributed by atoms with Crippen LogP contribution in [-0.4, -0.2) is 18.6 Å². The van der Waals surface area contributed by atoms with Crippen molar-refractivity contribution in [3.05, 3.63) is 29.3 Å². The van der Waals surface area contributed by atoms with Crippen molar-refractivity contribution < 1.29 is 0 Å². The molecule has 1 saturated heterocycles. The van der Waals surface area contributed by atoms with Gasteiger partial charge in [-0.15, -0.1) is 0 Å². The van der Waals surface area contributed by atoms with Crippen LogP contribution in [0, 0.1) is 18.3 Å². The number of anilines is 1. The van der Waals surface area contributed by atoms with Crippen LogP contribution in [0.25, 0.3) is 0 Å². The summed E-state index contributed by atoms with van der Waals surface area (Å²) in [6.45, 7) is 5.20. The number of benzene rings is 1. The molecular formula is C14H19N3. The number of piperidine rings is 1. The van der Waals surface area contributed by atoms with Crippen LogP contribution < -0.4 is 10.6 Å². The van der Waals surface area contributed by atoms with Gasteiger partial charge >= 0.3 is 0 Å². The van der Waals surface area contributed by atoms with Gasteiger partial charge in [-0.25, -0.2) is 0 Å². The van der Waals surface area contributed by atoms with Crippen molar-refractivity contribution in [3.63, 3.8) is 0 Å². The van der Waals surface area contributed by atoms with Crippen molar-refractivity contribution in [3.8, 4) is 6.07 Å². The number of para-hydroxylation sites is 1. The molecule has 1 aromatic rings. The zero-order chi connectivity index (χ0) is 12.4. The Labute approximate surface area is 103 Å². The summed E-state index contributed by atoms with van der Waals surface area (Å²) in [4.78, 5) is 2.33. The quantitative estimate of drug-likeness (QED) is 0.803. The van der Waals surface area contributed by atoms with Crippen molar-refractivity contribution >= 4 is 5.69 Å². The van der Waals surface area contributed by atoms with Gasteiger partial charge in [0.05, 0.1) is 11.3 Å². The molecule has 0 saturated carbocycles. The molecule has 2 rings (SSSR count). The summed E-state index contributed by atoms with van der Waals surface area (Å²) < 4.78 is 0. The van der Waals surface area contributed by atoms with Crippen LogP contribution in [0.4, 0.5) is 5.69 Å². The Morgan fingerprint density at radius 1 is 1.47 bits per heavy atom. The average Bonchev–Trinajstić information content (AvgIpc) is 2.30. The van der Waals surface area contributed by atoms with Crippen LogP contribution in [0.2, 0.25) is 0 Å². The molecule has 2 unspecified atom stereocenters. The van der Waals surface area contributed by atoms with Crippen molar-refractivity contribution in [2.45, 2.75) is 38.8 Å². The third-order valence-corrected chi connectivity index (χ3v) is 3.56. The maximum atomic E-state index is 9.21. The Morgan fingerprint density at radius 3 is 2.88 bits per heavy atom. The highest BCUT2D eigenvalue weighted by molar-refractivity contribution is 5.64. The van der Waals surface area contributed by atoms with Gasteiger partial charge in [-0.3, -0.25) is 0 Å². The monoisotopic (exact) mass is 229 g/mol. The summed E-state index contributed by atoms with van der Waals surface area (Å²) in [6.07, 6.45) is 2.00. The van der Waals surface area contributed by atoms with Gasteiger partial charge in [-0.1, -0.05) is 12.1 Å². The number of hydrogen-bond acceptors (Lipinski definition) is 3. The summed E-state index contributed by atoms with van der Waals surface area (Å²) in [5.41, 5.74) is 9.02. The summed E-state index contributed by atoms with van der Waals surface area (Å²) in [6, 6.07) is 8.90. The van der Waals surface area contributed by atoms with E-state index in [-0.39, 0.29) is 0 Å². The molecule has 2 N–H and O–H groups in total. The second-order valence-corrected chi connectivity index (χ2v) is 4.91. The summed E-state index contributed by atoms with van der Waals surface area (Å²) in [5, 5.41) is 9.21. The summed E-state index contributed by atoms with van der Waals surface area (Å²) in [5.74, 6) is 0. The predicted octanol–water partition coefficient (Wildman–Crippen LogP) is 2.18. The van der Waals surface area contributed by atoms with Gasteiger partial charge in [-0.2, -0.15) is 5.26 Å². The van der Waals surface area contributed by atoms with Gasteiger partial charge in [0.1, 0.15) is 6.07 Å². The Bertz CT molecular complexity index is 447. The smallest absolute Gasteiger partial charge is 0.101 e. The first-order chi connectivity index (χ1) is 8.13. The lowest BCUT2D eigenvalue weighted by molar-refractivity contribution is 0.429. The number of nitrogens with zero attached hydrogens (tertiary/aromatic N) is 2. The van der Waals surface area contributed by atoms with E-state index < -0.39 is 0 Å². The predicted molar refractivity (Wildman–Crippen MR) is 69.9 cm³/mol. The first-order valence-electron chi connectivity index (χ1n) is 6.15. The van der Waals surface area contributed by atoms with E-state index in [1.54, 1.807) is 0 Å². The van der Waals surface area contributed by atoms with E-state index in [1.807, 2.05) is 12.1 Å². The van der Waals surface area contributed by atoms with Gasteiger partial charge in [0.15, 0.2) is 0 Å². The molecule has 1 aromatic carbocycles. The Balaban J connectivity index is 2.37. The van der Waals surface area contributed by atoms with E-state index in [0.717, 1.165) is 30.6 Å². The highest BCUT2D eigenvalue weighted by Gasteiger charge is 2.25. The zero-order valence-electron chi connectivity index (χ0n) is 10.5. The maximum Gasteiger partial charge on any atom is 0.101 e. The van der Waals surface area contributed by atoms with Crippen LogP contribution in [0.5, 0.6) is 0 Å². The van der Waals surface area contributed by atoms with E-state index in [0.29, 0.717) is 12.1 Å². The zero-order valence-corrected chi connectivity index (χ0v) is 10.5. The van der Waals surface area contributed by atoms with Gasteiger partial charge in [-0.05, 0) is 38.3 Å². The summed E-state index contributed by atoms with van der Waals surface area (Å²) >= 11 is 0. The van der Waals surface area contributed by atoms with Crippen molar-refractivity contribution in [2.24, 2.45) is 5.73 Å². The molecular weight excluding hydrogens is 210 g/mol. The van der Waals surface area contributed by atoms with Crippen molar-refractivity contribution in [2.75, 3.05) is 11.4 Å². The minimum Gasteiger partial charge on any atom is -0.367 e. The molecule has 90 valence electrons. The fraction of sp³-hybridized carbons (Fsp3) is 0.500. The molecule has 1 heterocycles. The molecule has 1 aliphatic rings. The molecule has 17 heavy (non-hydrogen) atoms. The Hall–Kier alpha value is -1.53. The molecule has 3 nitrogen and oxygen atoms in total. The number of nitrogens with two attached hydrogens (primary N) is 1. The van der Waals surface area contributed by atoms with E-state index in [2.05, 4.69) is 30.9 Å². The lowest BCUT2D eigenvalue weighted by Gasteiger charge is -2.39. The van der Waals surface area contributed by atoms with E-state index >= 15 is 0 Å². The number of aryl methyl sites for hydroxylation is 1. The fourth-order valence-corrected chi connectivity index (χ4v) is 2.67. The van der Waals surface area contributed by atoms with Crippen LogP contribution in [0.3, 0.4) is 0 Å². The fourth-order valence-electron chi connectivity index (χ4n) is 2.67.